The maximum atomic E-state index is 11.1. The third kappa shape index (κ3) is 8.03. The summed E-state index contributed by atoms with van der Waals surface area (Å²) in [6, 6.07) is 0. The molecule has 0 saturated heterocycles. The molecule has 1 aliphatic rings. The Morgan fingerprint density at radius 2 is 2.12 bits per heavy atom. The van der Waals surface area contributed by atoms with Gasteiger partial charge in [-0.15, -0.1) is 12.3 Å². The number of rotatable bonds is 13. The molecule has 0 radical (unpaired) electrons. The summed E-state index contributed by atoms with van der Waals surface area (Å²) in [7, 11) is 0. The number of aliphatic carboxylic acids is 1. The SMILES string of the molecule is C=CCC(O)(CC=C=CC[C@H]1CC=C[C@@H]1C=CCCCCCC)C(=O)O. The van der Waals surface area contributed by atoms with Crippen LogP contribution in [-0.4, -0.2) is 21.8 Å². The molecule has 0 aliphatic heterocycles. The summed E-state index contributed by atoms with van der Waals surface area (Å²) in [5.41, 5.74) is 1.26. The van der Waals surface area contributed by atoms with Crippen molar-refractivity contribution >= 4 is 5.97 Å². The van der Waals surface area contributed by atoms with E-state index in [1.54, 1.807) is 6.08 Å². The summed E-state index contributed by atoms with van der Waals surface area (Å²) in [6.45, 7) is 5.73. The van der Waals surface area contributed by atoms with Crippen LogP contribution in [-0.2, 0) is 4.79 Å². The van der Waals surface area contributed by atoms with Gasteiger partial charge in [0.05, 0.1) is 0 Å². The second kappa shape index (κ2) is 12.5. The van der Waals surface area contributed by atoms with E-state index in [2.05, 4.69) is 43.5 Å². The molecular weight excluding hydrogens is 324 g/mol. The van der Waals surface area contributed by atoms with Crippen LogP contribution in [0.4, 0.5) is 0 Å². The Morgan fingerprint density at radius 3 is 2.81 bits per heavy atom. The lowest BCUT2D eigenvalue weighted by Gasteiger charge is -2.19. The fourth-order valence-corrected chi connectivity index (χ4v) is 3.17. The second-order valence-electron chi connectivity index (χ2n) is 7.12. The van der Waals surface area contributed by atoms with Gasteiger partial charge in [0, 0.05) is 12.8 Å². The lowest BCUT2D eigenvalue weighted by atomic mass is 9.91. The number of unbranched alkanes of at least 4 members (excludes halogenated alkanes) is 4. The number of aliphatic hydroxyl groups is 1. The van der Waals surface area contributed by atoms with Crippen LogP contribution < -0.4 is 0 Å². The van der Waals surface area contributed by atoms with Gasteiger partial charge in [-0.2, -0.15) is 0 Å². The van der Waals surface area contributed by atoms with Crippen molar-refractivity contribution < 1.29 is 15.0 Å². The Balaban J connectivity index is 2.42. The molecule has 0 fully saturated rings. The van der Waals surface area contributed by atoms with E-state index in [1.807, 2.05) is 6.08 Å². The van der Waals surface area contributed by atoms with Crippen LogP contribution in [0.2, 0.25) is 0 Å². The van der Waals surface area contributed by atoms with Crippen LogP contribution in [0.25, 0.3) is 0 Å². The van der Waals surface area contributed by atoms with Crippen LogP contribution in [0.3, 0.4) is 0 Å². The number of carbonyl (C=O) groups is 1. The number of hydrogen-bond donors (Lipinski definition) is 2. The largest absolute Gasteiger partial charge is 0.479 e. The standard InChI is InChI=1S/C23H34O3/c1-3-5-6-7-8-10-14-20-16-13-17-21(20)15-11-9-12-19-23(26,18-4-2)22(24)25/h4,10-14,16,20-21,26H,2-3,5-8,15,17-19H2,1H3,(H,24,25)/t9?,20-,21-,23?/m0/s1. The smallest absolute Gasteiger partial charge is 0.336 e. The van der Waals surface area contributed by atoms with Crippen LogP contribution in [0, 0.1) is 11.8 Å². The first-order valence-electron chi connectivity index (χ1n) is 9.83. The topological polar surface area (TPSA) is 57.5 Å². The van der Waals surface area contributed by atoms with Crippen molar-refractivity contribution in [3.63, 3.8) is 0 Å². The summed E-state index contributed by atoms with van der Waals surface area (Å²) in [4.78, 5) is 11.1. The number of carboxylic acids is 1. The first kappa shape index (κ1) is 22.2. The van der Waals surface area contributed by atoms with E-state index < -0.39 is 11.6 Å². The fourth-order valence-electron chi connectivity index (χ4n) is 3.17. The minimum absolute atomic E-state index is 0.0260. The number of hydrogen-bond acceptors (Lipinski definition) is 2. The first-order chi connectivity index (χ1) is 12.5. The van der Waals surface area contributed by atoms with Gasteiger partial charge in [-0.05, 0) is 49.7 Å². The van der Waals surface area contributed by atoms with Gasteiger partial charge in [-0.25, -0.2) is 4.79 Å². The number of allylic oxidation sites excluding steroid dienone is 4. The van der Waals surface area contributed by atoms with E-state index in [-0.39, 0.29) is 12.8 Å². The van der Waals surface area contributed by atoms with Crippen LogP contribution in [0.1, 0.15) is 64.7 Å². The predicted molar refractivity (Wildman–Crippen MR) is 108 cm³/mol. The van der Waals surface area contributed by atoms with Crippen molar-refractivity contribution in [2.24, 2.45) is 11.8 Å². The highest BCUT2D eigenvalue weighted by Crippen LogP contribution is 2.29. The maximum absolute atomic E-state index is 11.1. The summed E-state index contributed by atoms with van der Waals surface area (Å²) < 4.78 is 0. The van der Waals surface area contributed by atoms with E-state index in [0.717, 1.165) is 19.3 Å². The molecule has 1 aliphatic carbocycles. The van der Waals surface area contributed by atoms with Crippen molar-refractivity contribution in [1.29, 1.82) is 0 Å². The van der Waals surface area contributed by atoms with Gasteiger partial charge in [-0.3, -0.25) is 0 Å². The minimum Gasteiger partial charge on any atom is -0.479 e. The van der Waals surface area contributed by atoms with Gasteiger partial charge in [0.1, 0.15) is 0 Å². The lowest BCUT2D eigenvalue weighted by Crippen LogP contribution is -2.37. The maximum Gasteiger partial charge on any atom is 0.336 e. The molecule has 0 saturated carbocycles. The summed E-state index contributed by atoms with van der Waals surface area (Å²) >= 11 is 0. The van der Waals surface area contributed by atoms with Gasteiger partial charge in [-0.1, -0.05) is 56.6 Å². The van der Waals surface area contributed by atoms with Gasteiger partial charge >= 0.3 is 5.97 Å². The average molecular weight is 359 g/mol. The Hall–Kier alpha value is -1.83. The molecule has 0 spiro atoms. The van der Waals surface area contributed by atoms with Crippen LogP contribution in [0.5, 0.6) is 0 Å². The summed E-state index contributed by atoms with van der Waals surface area (Å²) in [5, 5.41) is 19.1. The Labute approximate surface area is 158 Å². The zero-order valence-electron chi connectivity index (χ0n) is 16.1. The molecule has 144 valence electrons. The summed E-state index contributed by atoms with van der Waals surface area (Å²) in [5.74, 6) is -0.190. The fraction of sp³-hybridized carbons (Fsp3) is 0.565. The lowest BCUT2D eigenvalue weighted by molar-refractivity contribution is -0.157. The highest BCUT2D eigenvalue weighted by Gasteiger charge is 2.33. The zero-order valence-corrected chi connectivity index (χ0v) is 16.1. The van der Waals surface area contributed by atoms with Crippen molar-refractivity contribution in [1.82, 2.24) is 0 Å². The normalized spacial score (nSPS) is 21.3. The second-order valence-corrected chi connectivity index (χ2v) is 7.12. The highest BCUT2D eigenvalue weighted by atomic mass is 16.4. The molecule has 0 aromatic carbocycles. The third-order valence-electron chi connectivity index (χ3n) is 4.90. The molecule has 3 heteroatoms. The van der Waals surface area contributed by atoms with Crippen molar-refractivity contribution in [3.05, 3.63) is 54.8 Å². The molecule has 0 aromatic heterocycles. The molecule has 1 unspecified atom stereocenters. The average Bonchev–Trinajstić information content (AvgIpc) is 3.05. The molecule has 0 bridgehead atoms. The molecule has 0 aromatic rings. The Kier molecular flexibility index (Phi) is 10.7. The number of carboxylic acid groups (broad SMARTS) is 1. The quantitative estimate of drug-likeness (QED) is 0.256. The Bertz CT molecular complexity index is 552. The van der Waals surface area contributed by atoms with Gasteiger partial charge in [0.2, 0.25) is 0 Å². The molecular formula is C23H34O3. The van der Waals surface area contributed by atoms with E-state index >= 15 is 0 Å². The Morgan fingerprint density at radius 1 is 1.31 bits per heavy atom. The van der Waals surface area contributed by atoms with E-state index in [9.17, 15) is 9.90 Å². The van der Waals surface area contributed by atoms with E-state index in [0.29, 0.717) is 11.8 Å². The van der Waals surface area contributed by atoms with Gasteiger partial charge in [0.25, 0.3) is 0 Å². The molecule has 2 N–H and O–H groups in total. The van der Waals surface area contributed by atoms with Crippen LogP contribution >= 0.6 is 0 Å². The molecule has 3 nitrogen and oxygen atoms in total. The highest BCUT2D eigenvalue weighted by molar-refractivity contribution is 5.77. The van der Waals surface area contributed by atoms with Gasteiger partial charge in [0.15, 0.2) is 5.60 Å². The van der Waals surface area contributed by atoms with Crippen LogP contribution in [0.15, 0.2) is 54.8 Å². The van der Waals surface area contributed by atoms with E-state index in [1.165, 1.54) is 31.8 Å². The molecule has 0 heterocycles. The molecule has 0 amide bonds. The van der Waals surface area contributed by atoms with E-state index in [4.69, 9.17) is 5.11 Å². The van der Waals surface area contributed by atoms with Crippen molar-refractivity contribution in [2.45, 2.75) is 70.3 Å². The minimum atomic E-state index is -1.78. The monoisotopic (exact) mass is 358 g/mol. The molecule has 26 heavy (non-hydrogen) atoms. The molecule has 3 atom stereocenters. The van der Waals surface area contributed by atoms with Crippen molar-refractivity contribution in [2.75, 3.05) is 0 Å². The molecule has 1 rings (SSSR count). The van der Waals surface area contributed by atoms with Crippen molar-refractivity contribution in [3.8, 4) is 0 Å². The summed E-state index contributed by atoms with van der Waals surface area (Å²) in [6.07, 6.45) is 22.5. The third-order valence-corrected chi connectivity index (χ3v) is 4.90. The zero-order chi connectivity index (χ0) is 19.3. The first-order valence-corrected chi connectivity index (χ1v) is 9.83. The predicted octanol–water partition coefficient (Wildman–Crippen LogP) is 5.59. The van der Waals surface area contributed by atoms with Gasteiger partial charge < -0.3 is 10.2 Å².